The number of ketones is 2. The quantitative estimate of drug-likeness (QED) is 0.106. The highest BCUT2D eigenvalue weighted by Gasteiger charge is 2.53. The first kappa shape index (κ1) is 49.6. The standard InChI is InChI=1S/C47H75N3O10/c1-13-24-57-47(9)38(14-2)59-44(54)34(7)40(52)33(6)42(60-45-41(53)37(49(10)11)26-31(4)58-45)46(8,55-12)27-30(3)39(51)32(5)43(47)56-25-20-16-19-23-50-28-36(48-29-50)35-21-17-15-18-22-35/h15,17-18,21-22,28-34,37-38,41-43,45,53H,13-14,16,19-20,23-27H2,1-12H3/t30-,31-,32-,33+,34-,37+,38+,41-,42-,43?,45+,46+,47-/m1/s1. The third kappa shape index (κ3) is 11.9. The van der Waals surface area contributed by atoms with Gasteiger partial charge in [0.05, 0.1) is 35.9 Å². The van der Waals surface area contributed by atoms with Gasteiger partial charge >= 0.3 is 5.97 Å². The summed E-state index contributed by atoms with van der Waals surface area (Å²) in [6.07, 6.45) is 3.28. The first-order valence-electron chi connectivity index (χ1n) is 22.2. The highest BCUT2D eigenvalue weighted by Crippen LogP contribution is 2.40. The molecule has 1 aromatic carbocycles. The number of nitrogens with zero attached hydrogens (tertiary/aromatic N) is 3. The van der Waals surface area contributed by atoms with Gasteiger partial charge in [-0.05, 0) is 86.7 Å². The number of ether oxygens (including phenoxy) is 6. The highest BCUT2D eigenvalue weighted by atomic mass is 16.7. The Morgan fingerprint density at radius 1 is 0.933 bits per heavy atom. The fourth-order valence-electron chi connectivity index (χ4n) is 9.23. The van der Waals surface area contributed by atoms with E-state index in [2.05, 4.69) is 15.7 Å². The number of imidazole rings is 1. The smallest absolute Gasteiger partial charge is 0.316 e. The number of rotatable bonds is 16. The molecular weight excluding hydrogens is 767 g/mol. The summed E-state index contributed by atoms with van der Waals surface area (Å²) in [5.41, 5.74) is -0.433. The van der Waals surface area contributed by atoms with Crippen molar-refractivity contribution in [2.24, 2.45) is 23.7 Å². The van der Waals surface area contributed by atoms with Crippen LogP contribution in [0.15, 0.2) is 42.9 Å². The summed E-state index contributed by atoms with van der Waals surface area (Å²) in [4.78, 5) is 49.8. The van der Waals surface area contributed by atoms with Gasteiger partial charge in [0.2, 0.25) is 0 Å². The average molecular weight is 842 g/mol. The van der Waals surface area contributed by atoms with Crippen molar-refractivity contribution in [3.05, 3.63) is 42.9 Å². The van der Waals surface area contributed by atoms with E-state index in [4.69, 9.17) is 28.4 Å². The molecule has 2 aromatic rings. The second kappa shape index (κ2) is 22.4. The molecule has 2 fully saturated rings. The fourth-order valence-corrected chi connectivity index (χ4v) is 9.23. The minimum Gasteiger partial charge on any atom is -0.459 e. The van der Waals surface area contributed by atoms with Crippen molar-refractivity contribution in [1.82, 2.24) is 14.5 Å². The van der Waals surface area contributed by atoms with Gasteiger partial charge in [-0.2, -0.15) is 0 Å². The summed E-state index contributed by atoms with van der Waals surface area (Å²) in [5, 5.41) is 11.5. The summed E-state index contributed by atoms with van der Waals surface area (Å²) >= 11 is 0. The monoisotopic (exact) mass is 842 g/mol. The average Bonchev–Trinajstić information content (AvgIpc) is 3.71. The number of benzene rings is 1. The van der Waals surface area contributed by atoms with Crippen LogP contribution < -0.4 is 0 Å². The Labute approximate surface area is 359 Å². The maximum atomic E-state index is 14.8. The molecule has 4 rings (SSSR count). The van der Waals surface area contributed by atoms with Gasteiger partial charge in [-0.1, -0.05) is 65.0 Å². The molecule has 2 aliphatic rings. The van der Waals surface area contributed by atoms with Gasteiger partial charge in [0.15, 0.2) is 12.1 Å². The molecular formula is C47H75N3O10. The number of aliphatic hydroxyl groups excluding tert-OH is 1. The summed E-state index contributed by atoms with van der Waals surface area (Å²) in [5.74, 6) is -4.53. The molecule has 3 heterocycles. The first-order valence-corrected chi connectivity index (χ1v) is 22.2. The zero-order chi connectivity index (χ0) is 44.4. The zero-order valence-electron chi connectivity index (χ0n) is 38.4. The Morgan fingerprint density at radius 3 is 2.25 bits per heavy atom. The third-order valence-electron chi connectivity index (χ3n) is 12.9. The van der Waals surface area contributed by atoms with Crippen LogP contribution in [-0.4, -0.2) is 126 Å². The maximum Gasteiger partial charge on any atom is 0.316 e. The van der Waals surface area contributed by atoms with Crippen molar-refractivity contribution in [2.45, 2.75) is 168 Å². The molecule has 13 atom stereocenters. The van der Waals surface area contributed by atoms with Crippen LogP contribution in [0.5, 0.6) is 0 Å². The largest absolute Gasteiger partial charge is 0.459 e. The van der Waals surface area contributed by atoms with E-state index in [1.165, 1.54) is 7.11 Å². The summed E-state index contributed by atoms with van der Waals surface area (Å²) in [6.45, 7) is 18.0. The molecule has 0 saturated carbocycles. The van der Waals surface area contributed by atoms with E-state index in [1.54, 1.807) is 13.8 Å². The number of aliphatic hydroxyl groups is 1. The van der Waals surface area contributed by atoms with Crippen molar-refractivity contribution in [3.63, 3.8) is 0 Å². The number of methoxy groups -OCH3 is 1. The predicted molar refractivity (Wildman–Crippen MR) is 230 cm³/mol. The molecule has 0 aliphatic carbocycles. The van der Waals surface area contributed by atoms with Crippen LogP contribution in [0.2, 0.25) is 0 Å². The molecule has 2 saturated heterocycles. The van der Waals surface area contributed by atoms with Gasteiger partial charge in [0, 0.05) is 62.4 Å². The number of hydrogen-bond donors (Lipinski definition) is 1. The van der Waals surface area contributed by atoms with Crippen LogP contribution in [-0.2, 0) is 49.3 Å². The van der Waals surface area contributed by atoms with Gasteiger partial charge < -0.3 is 43.0 Å². The molecule has 338 valence electrons. The lowest BCUT2D eigenvalue weighted by Crippen LogP contribution is -2.60. The number of Topliss-reactive ketones (excluding diaryl/α,β-unsaturated/α-hetero) is 2. The number of unbranched alkanes of at least 4 members (excludes halogenated alkanes) is 2. The lowest BCUT2D eigenvalue weighted by atomic mass is 9.74. The van der Waals surface area contributed by atoms with E-state index >= 15 is 0 Å². The number of cyclic esters (lactones) is 1. The highest BCUT2D eigenvalue weighted by molar-refractivity contribution is 6.00. The Bertz CT molecular complexity index is 1650. The first-order chi connectivity index (χ1) is 28.4. The van der Waals surface area contributed by atoms with Crippen LogP contribution in [0.25, 0.3) is 11.3 Å². The van der Waals surface area contributed by atoms with E-state index in [-0.39, 0.29) is 24.3 Å². The summed E-state index contributed by atoms with van der Waals surface area (Å²) < 4.78 is 40.8. The van der Waals surface area contributed by atoms with E-state index in [0.29, 0.717) is 32.5 Å². The van der Waals surface area contributed by atoms with Gasteiger partial charge in [-0.15, -0.1) is 0 Å². The van der Waals surface area contributed by atoms with E-state index in [9.17, 15) is 19.5 Å². The minimum atomic E-state index is -1.23. The number of carbonyl (C=O) groups excluding carboxylic acids is 3. The Hall–Kier alpha value is -3.04. The molecule has 0 radical (unpaired) electrons. The summed E-state index contributed by atoms with van der Waals surface area (Å²) in [6, 6.07) is 9.83. The Balaban J connectivity index is 1.62. The lowest BCUT2D eigenvalue weighted by Gasteiger charge is -2.47. The van der Waals surface area contributed by atoms with Crippen LogP contribution in [0.3, 0.4) is 0 Å². The minimum absolute atomic E-state index is 0.0801. The van der Waals surface area contributed by atoms with Crippen molar-refractivity contribution in [3.8, 4) is 11.3 Å². The molecule has 2 aliphatic heterocycles. The van der Waals surface area contributed by atoms with Crippen molar-refractivity contribution < 1.29 is 47.9 Å². The van der Waals surface area contributed by atoms with Crippen LogP contribution in [0.4, 0.5) is 0 Å². The normalized spacial score (nSPS) is 35.0. The van der Waals surface area contributed by atoms with E-state index in [0.717, 1.165) is 37.1 Å². The Kier molecular flexibility index (Phi) is 18.5. The SMILES string of the molecule is CCCO[C@@]1(C)C(OCCCCCn2cnc(-c3ccccc3)c2)[C@H](C)C(=O)[C@H](C)C[C@](C)(OC)[C@H](O[C@@H]2O[C@H](C)C[C@H](N(C)C)[C@H]2O)[C@@H](C)C(=O)[C@@H](C)C(=O)O[C@H]1CC. The lowest BCUT2D eigenvalue weighted by molar-refractivity contribution is -0.295. The number of likely N-dealkylation sites (N-methyl/N-ethyl adjacent to an activating group) is 1. The molecule has 13 heteroatoms. The predicted octanol–water partition coefficient (Wildman–Crippen LogP) is 6.92. The topological polar surface area (TPSA) is 148 Å². The second-order valence-corrected chi connectivity index (χ2v) is 17.9. The molecule has 0 bridgehead atoms. The zero-order valence-corrected chi connectivity index (χ0v) is 38.4. The number of esters is 1. The Morgan fingerprint density at radius 2 is 1.62 bits per heavy atom. The number of aryl methyl sites for hydroxylation is 1. The maximum absolute atomic E-state index is 14.8. The number of carbonyl (C=O) groups is 3. The van der Waals surface area contributed by atoms with Gasteiger partial charge in [-0.25, -0.2) is 4.98 Å². The molecule has 1 aromatic heterocycles. The second-order valence-electron chi connectivity index (χ2n) is 17.9. The third-order valence-corrected chi connectivity index (χ3v) is 12.9. The van der Waals surface area contributed by atoms with E-state index < -0.39 is 77.3 Å². The van der Waals surface area contributed by atoms with Crippen LogP contribution in [0, 0.1) is 23.7 Å². The van der Waals surface area contributed by atoms with Crippen molar-refractivity contribution in [1.29, 1.82) is 0 Å². The fraction of sp³-hybridized carbons (Fsp3) is 0.745. The molecule has 13 nitrogen and oxygen atoms in total. The number of aromatic nitrogens is 2. The number of hydrogen-bond acceptors (Lipinski definition) is 12. The van der Waals surface area contributed by atoms with Crippen LogP contribution >= 0.6 is 0 Å². The van der Waals surface area contributed by atoms with Crippen molar-refractivity contribution >= 4 is 17.5 Å². The molecule has 0 amide bonds. The van der Waals surface area contributed by atoms with Gasteiger partial charge in [0.25, 0.3) is 0 Å². The molecule has 60 heavy (non-hydrogen) atoms. The van der Waals surface area contributed by atoms with Crippen LogP contribution in [0.1, 0.15) is 107 Å². The molecule has 1 unspecified atom stereocenters. The molecule has 1 N–H and O–H groups in total. The summed E-state index contributed by atoms with van der Waals surface area (Å²) in [7, 11) is 5.31. The van der Waals surface area contributed by atoms with Gasteiger partial charge in [0.1, 0.15) is 29.5 Å². The van der Waals surface area contributed by atoms with E-state index in [1.807, 2.05) is 104 Å². The molecule has 0 spiro atoms. The van der Waals surface area contributed by atoms with Crippen molar-refractivity contribution in [2.75, 3.05) is 34.4 Å². The van der Waals surface area contributed by atoms with Gasteiger partial charge in [-0.3, -0.25) is 14.4 Å².